The molecule has 164 valence electrons. The molecule has 0 bridgehead atoms. The van der Waals surface area contributed by atoms with E-state index >= 15 is 0 Å². The molecule has 0 aliphatic heterocycles. The van der Waals surface area contributed by atoms with E-state index in [-0.39, 0.29) is 17.9 Å². The lowest BCUT2D eigenvalue weighted by atomic mass is 10.1. The molecule has 2 aromatic heterocycles. The van der Waals surface area contributed by atoms with Crippen LogP contribution in [-0.2, 0) is 37.4 Å². The Morgan fingerprint density at radius 1 is 1.13 bits per heavy atom. The van der Waals surface area contributed by atoms with E-state index in [2.05, 4.69) is 15.5 Å². The molecule has 0 atom stereocenters. The van der Waals surface area contributed by atoms with E-state index in [1.54, 1.807) is 25.3 Å². The highest BCUT2D eigenvalue weighted by Crippen LogP contribution is 2.16. The lowest BCUT2D eigenvalue weighted by Gasteiger charge is -2.12. The molecule has 3 rings (SSSR count). The van der Waals surface area contributed by atoms with Crippen LogP contribution in [0.5, 0.6) is 0 Å². The van der Waals surface area contributed by atoms with Crippen molar-refractivity contribution in [2.24, 2.45) is 5.73 Å². The minimum atomic E-state index is -0.262. The number of hydrogen-bond acceptors (Lipinski definition) is 5. The van der Waals surface area contributed by atoms with Crippen LogP contribution in [0.25, 0.3) is 0 Å². The zero-order valence-corrected chi connectivity index (χ0v) is 18.7. The van der Waals surface area contributed by atoms with Crippen LogP contribution in [-0.4, -0.2) is 25.5 Å². The van der Waals surface area contributed by atoms with Crippen LogP contribution in [0.1, 0.15) is 33.6 Å². The van der Waals surface area contributed by atoms with Gasteiger partial charge in [0.05, 0.1) is 31.4 Å². The van der Waals surface area contributed by atoms with Gasteiger partial charge in [-0.1, -0.05) is 17.7 Å². The summed E-state index contributed by atoms with van der Waals surface area (Å²) in [7, 11) is 0. The van der Waals surface area contributed by atoms with Crippen molar-refractivity contribution in [3.05, 3.63) is 79.5 Å². The number of halogens is 1. The number of benzene rings is 1. The Hall–Kier alpha value is -2.97. The van der Waals surface area contributed by atoms with E-state index in [1.807, 2.05) is 30.7 Å². The molecule has 0 unspecified atom stereocenters. The van der Waals surface area contributed by atoms with Crippen molar-refractivity contribution in [2.75, 3.05) is 0 Å². The molecule has 2 heterocycles. The molecule has 0 fully saturated rings. The first-order chi connectivity index (χ1) is 14.8. The summed E-state index contributed by atoms with van der Waals surface area (Å²) < 4.78 is 3.23. The van der Waals surface area contributed by atoms with Crippen LogP contribution in [0, 0.1) is 20.8 Å². The third kappa shape index (κ3) is 5.59. The summed E-state index contributed by atoms with van der Waals surface area (Å²) >= 11 is 6.05. The van der Waals surface area contributed by atoms with Crippen LogP contribution in [0.3, 0.4) is 0 Å². The van der Waals surface area contributed by atoms with Crippen LogP contribution < -0.4 is 16.6 Å². The standard InChI is InChI=1S/C22H27ClN6O2/c1-14-12-26-29(7-6-28-16(3)8-15(2)27-28)22(31)20(14)10-21(30)25-13-18-9-19(23)5-4-17(18)11-24/h4-5,8-9,12H,6-7,10-11,13,24H2,1-3H3,(H,25,30). The maximum absolute atomic E-state index is 12.9. The van der Waals surface area contributed by atoms with Crippen molar-refractivity contribution in [3.63, 3.8) is 0 Å². The molecule has 9 heteroatoms. The molecular formula is C22H27ClN6O2. The summed E-state index contributed by atoms with van der Waals surface area (Å²) in [4.78, 5) is 25.5. The molecule has 1 amide bonds. The summed E-state index contributed by atoms with van der Waals surface area (Å²) in [5.74, 6) is -0.251. The van der Waals surface area contributed by atoms with E-state index in [1.165, 1.54) is 4.68 Å². The van der Waals surface area contributed by atoms with Crippen molar-refractivity contribution >= 4 is 17.5 Å². The van der Waals surface area contributed by atoms with Crippen LogP contribution in [0.2, 0.25) is 5.02 Å². The maximum atomic E-state index is 12.9. The highest BCUT2D eigenvalue weighted by molar-refractivity contribution is 6.30. The summed E-state index contributed by atoms with van der Waals surface area (Å²) in [6.45, 7) is 7.23. The number of rotatable bonds is 8. The first kappa shape index (κ1) is 22.7. The summed E-state index contributed by atoms with van der Waals surface area (Å²) in [5, 5.41) is 12.1. The number of hydrogen-bond donors (Lipinski definition) is 2. The number of nitrogens with two attached hydrogens (primary N) is 1. The highest BCUT2D eigenvalue weighted by atomic mass is 35.5. The quantitative estimate of drug-likeness (QED) is 0.555. The van der Waals surface area contributed by atoms with Gasteiger partial charge in [-0.15, -0.1) is 0 Å². The average molecular weight is 443 g/mol. The predicted molar refractivity (Wildman–Crippen MR) is 120 cm³/mol. The number of aryl methyl sites for hydroxylation is 5. The third-order valence-corrected chi connectivity index (χ3v) is 5.42. The van der Waals surface area contributed by atoms with Crippen molar-refractivity contribution < 1.29 is 4.79 Å². The lowest BCUT2D eigenvalue weighted by molar-refractivity contribution is -0.120. The average Bonchev–Trinajstić information content (AvgIpc) is 3.06. The Morgan fingerprint density at radius 3 is 2.55 bits per heavy atom. The summed E-state index contributed by atoms with van der Waals surface area (Å²) in [5.41, 5.74) is 10.3. The second-order valence-corrected chi connectivity index (χ2v) is 7.99. The zero-order valence-electron chi connectivity index (χ0n) is 18.0. The van der Waals surface area contributed by atoms with E-state index in [0.717, 1.165) is 22.5 Å². The fraction of sp³-hybridized carbons (Fsp3) is 0.364. The zero-order chi connectivity index (χ0) is 22.5. The molecule has 31 heavy (non-hydrogen) atoms. The first-order valence-electron chi connectivity index (χ1n) is 10.1. The smallest absolute Gasteiger partial charge is 0.270 e. The second-order valence-electron chi connectivity index (χ2n) is 7.56. The van der Waals surface area contributed by atoms with Gasteiger partial charge in [-0.2, -0.15) is 10.2 Å². The molecule has 0 aliphatic carbocycles. The summed E-state index contributed by atoms with van der Waals surface area (Å²) in [6.07, 6.45) is 1.60. The van der Waals surface area contributed by atoms with Gasteiger partial charge >= 0.3 is 0 Å². The van der Waals surface area contributed by atoms with Crippen molar-refractivity contribution in [1.82, 2.24) is 24.9 Å². The van der Waals surface area contributed by atoms with E-state index in [4.69, 9.17) is 17.3 Å². The van der Waals surface area contributed by atoms with E-state index < -0.39 is 0 Å². The number of amides is 1. The predicted octanol–water partition coefficient (Wildman–Crippen LogP) is 2.04. The molecule has 0 radical (unpaired) electrons. The van der Waals surface area contributed by atoms with Crippen molar-refractivity contribution in [1.29, 1.82) is 0 Å². The topological polar surface area (TPSA) is 108 Å². The molecule has 1 aromatic carbocycles. The molecule has 3 aromatic rings. The van der Waals surface area contributed by atoms with Crippen molar-refractivity contribution in [3.8, 4) is 0 Å². The molecule has 8 nitrogen and oxygen atoms in total. The molecule has 0 aliphatic rings. The van der Waals surface area contributed by atoms with E-state index in [0.29, 0.717) is 42.3 Å². The van der Waals surface area contributed by atoms with Gasteiger partial charge in [-0.3, -0.25) is 14.3 Å². The molecular weight excluding hydrogens is 416 g/mol. The van der Waals surface area contributed by atoms with Gasteiger partial charge in [-0.25, -0.2) is 4.68 Å². The number of carbonyl (C=O) groups is 1. The second kappa shape index (κ2) is 9.89. The minimum absolute atomic E-state index is 0.0222. The van der Waals surface area contributed by atoms with Gasteiger partial charge < -0.3 is 11.1 Å². The molecule has 0 saturated carbocycles. The van der Waals surface area contributed by atoms with Gasteiger partial charge in [-0.05, 0) is 55.7 Å². The number of carbonyl (C=O) groups excluding carboxylic acids is 1. The normalized spacial score (nSPS) is 11.0. The van der Waals surface area contributed by atoms with Gasteiger partial charge in [0.25, 0.3) is 5.56 Å². The van der Waals surface area contributed by atoms with Gasteiger partial charge in [0.15, 0.2) is 0 Å². The molecule has 3 N–H and O–H groups in total. The minimum Gasteiger partial charge on any atom is -0.352 e. The largest absolute Gasteiger partial charge is 0.352 e. The first-order valence-corrected chi connectivity index (χ1v) is 10.5. The molecule has 0 saturated heterocycles. The Morgan fingerprint density at radius 2 is 1.87 bits per heavy atom. The Balaban J connectivity index is 1.69. The fourth-order valence-electron chi connectivity index (χ4n) is 3.45. The maximum Gasteiger partial charge on any atom is 0.270 e. The van der Waals surface area contributed by atoms with Gasteiger partial charge in [0.2, 0.25) is 5.91 Å². The summed E-state index contributed by atoms with van der Waals surface area (Å²) in [6, 6.07) is 7.38. The van der Waals surface area contributed by atoms with Crippen LogP contribution >= 0.6 is 11.6 Å². The SMILES string of the molecule is Cc1cc(C)n(CCn2ncc(C)c(CC(=O)NCc3cc(Cl)ccc3CN)c2=O)n1. The van der Waals surface area contributed by atoms with E-state index in [9.17, 15) is 9.59 Å². The number of nitrogens with one attached hydrogen (secondary N) is 1. The third-order valence-electron chi connectivity index (χ3n) is 5.19. The number of nitrogens with zero attached hydrogens (tertiary/aromatic N) is 4. The monoisotopic (exact) mass is 442 g/mol. The highest BCUT2D eigenvalue weighted by Gasteiger charge is 2.14. The Kier molecular flexibility index (Phi) is 7.25. The van der Waals surface area contributed by atoms with Crippen LogP contribution in [0.15, 0.2) is 35.3 Å². The van der Waals surface area contributed by atoms with Crippen LogP contribution in [0.4, 0.5) is 0 Å². The lowest BCUT2D eigenvalue weighted by Crippen LogP contribution is -2.33. The molecule has 0 spiro atoms. The fourth-order valence-corrected chi connectivity index (χ4v) is 3.65. The van der Waals surface area contributed by atoms with Gasteiger partial charge in [0.1, 0.15) is 0 Å². The Bertz CT molecular complexity index is 1150. The Labute approximate surface area is 186 Å². The number of aromatic nitrogens is 4. The van der Waals surface area contributed by atoms with Gasteiger partial charge in [0, 0.05) is 29.4 Å². The van der Waals surface area contributed by atoms with Crippen molar-refractivity contribution in [2.45, 2.75) is 53.4 Å².